The summed E-state index contributed by atoms with van der Waals surface area (Å²) in [5.74, 6) is 0.678. The van der Waals surface area contributed by atoms with E-state index < -0.39 is 11.0 Å². The summed E-state index contributed by atoms with van der Waals surface area (Å²) in [5.41, 5.74) is -1.09. The number of hydrogen-bond donors (Lipinski definition) is 2. The molecule has 2 N–H and O–H groups in total. The van der Waals surface area contributed by atoms with Gasteiger partial charge in [0.15, 0.2) is 0 Å². The van der Waals surface area contributed by atoms with E-state index in [0.717, 1.165) is 32.5 Å². The maximum absolute atomic E-state index is 10.6. The molecular weight excluding hydrogens is 202 g/mol. The molecule has 1 aliphatic rings. The molecule has 0 aromatic carbocycles. The van der Waals surface area contributed by atoms with Crippen molar-refractivity contribution in [1.82, 2.24) is 4.90 Å². The zero-order valence-corrected chi connectivity index (χ0v) is 11.2. The summed E-state index contributed by atoms with van der Waals surface area (Å²) in [5, 5.41) is 19.9. The largest absolute Gasteiger partial charge is 0.396 e. The van der Waals surface area contributed by atoms with Gasteiger partial charge in [-0.25, -0.2) is 0 Å². The molecule has 16 heavy (non-hydrogen) atoms. The number of piperidine rings is 1. The molecule has 0 aromatic rings. The molecule has 0 bridgehead atoms. The predicted molar refractivity (Wildman–Crippen MR) is 66.3 cm³/mol. The molecular formula is C13H27NO2. The summed E-state index contributed by atoms with van der Waals surface area (Å²) in [7, 11) is 0. The van der Waals surface area contributed by atoms with E-state index in [1.54, 1.807) is 0 Å². The fraction of sp³-hybridized carbons (Fsp3) is 1.00. The molecule has 3 nitrogen and oxygen atoms in total. The minimum atomic E-state index is -0.699. The smallest absolute Gasteiger partial charge is 0.0744 e. The Balaban J connectivity index is 2.53. The monoisotopic (exact) mass is 229 g/mol. The molecule has 96 valence electrons. The van der Waals surface area contributed by atoms with Crippen molar-refractivity contribution >= 4 is 0 Å². The van der Waals surface area contributed by atoms with E-state index in [9.17, 15) is 10.2 Å². The van der Waals surface area contributed by atoms with Crippen LogP contribution in [0, 0.1) is 11.3 Å². The van der Waals surface area contributed by atoms with Crippen molar-refractivity contribution in [3.63, 3.8) is 0 Å². The van der Waals surface area contributed by atoms with Crippen LogP contribution in [0.15, 0.2) is 0 Å². The highest BCUT2D eigenvalue weighted by Crippen LogP contribution is 2.38. The maximum Gasteiger partial charge on any atom is 0.0744 e. The minimum Gasteiger partial charge on any atom is -0.396 e. The Kier molecular flexibility index (Phi) is 4.38. The number of aliphatic hydroxyl groups is 2. The molecule has 0 saturated carbocycles. The van der Waals surface area contributed by atoms with E-state index >= 15 is 0 Å². The van der Waals surface area contributed by atoms with Gasteiger partial charge in [-0.15, -0.1) is 0 Å². The van der Waals surface area contributed by atoms with Gasteiger partial charge in [-0.2, -0.15) is 0 Å². The second-order valence-electron chi connectivity index (χ2n) is 6.27. The zero-order valence-electron chi connectivity index (χ0n) is 11.2. The zero-order chi connectivity index (χ0) is 12.4. The Bertz CT molecular complexity index is 218. The van der Waals surface area contributed by atoms with Crippen LogP contribution in [0.25, 0.3) is 0 Å². The van der Waals surface area contributed by atoms with Crippen molar-refractivity contribution in [3.8, 4) is 0 Å². The van der Waals surface area contributed by atoms with Gasteiger partial charge in [-0.05, 0) is 18.8 Å². The summed E-state index contributed by atoms with van der Waals surface area (Å²) in [6.45, 7) is 11.4. The first-order valence-corrected chi connectivity index (χ1v) is 6.36. The van der Waals surface area contributed by atoms with Crippen molar-refractivity contribution < 1.29 is 10.2 Å². The van der Waals surface area contributed by atoms with Gasteiger partial charge in [0.1, 0.15) is 0 Å². The van der Waals surface area contributed by atoms with Crippen LogP contribution in [-0.2, 0) is 0 Å². The molecule has 3 heteroatoms. The lowest BCUT2D eigenvalue weighted by Crippen LogP contribution is -2.54. The van der Waals surface area contributed by atoms with E-state index in [2.05, 4.69) is 18.7 Å². The molecule has 1 fully saturated rings. The van der Waals surface area contributed by atoms with Gasteiger partial charge in [-0.3, -0.25) is 0 Å². The second-order valence-corrected chi connectivity index (χ2v) is 6.27. The fourth-order valence-electron chi connectivity index (χ4n) is 2.45. The molecule has 0 spiro atoms. The van der Waals surface area contributed by atoms with Gasteiger partial charge in [0.25, 0.3) is 0 Å². The molecule has 0 amide bonds. The third kappa shape index (κ3) is 2.96. The van der Waals surface area contributed by atoms with Gasteiger partial charge in [0, 0.05) is 25.0 Å². The van der Waals surface area contributed by atoms with Crippen LogP contribution in [0.3, 0.4) is 0 Å². The summed E-state index contributed by atoms with van der Waals surface area (Å²) in [4.78, 5) is 2.41. The molecule has 1 saturated heterocycles. The molecule has 0 unspecified atom stereocenters. The van der Waals surface area contributed by atoms with E-state index in [4.69, 9.17) is 0 Å². The standard InChI is InChI=1S/C13H27NO2/c1-11(2)9-14-7-5-13(16,6-8-14)12(3,4)10-15/h11,15-16H,5-10H2,1-4H3. The summed E-state index contributed by atoms with van der Waals surface area (Å²) in [6.07, 6.45) is 1.54. The lowest BCUT2D eigenvalue weighted by Gasteiger charge is -2.47. The fourth-order valence-corrected chi connectivity index (χ4v) is 2.45. The molecule has 0 atom stereocenters. The molecule has 1 rings (SSSR count). The van der Waals surface area contributed by atoms with Crippen LogP contribution in [0.2, 0.25) is 0 Å². The second kappa shape index (κ2) is 5.03. The molecule has 0 radical (unpaired) electrons. The van der Waals surface area contributed by atoms with E-state index in [0.29, 0.717) is 5.92 Å². The number of aliphatic hydroxyl groups excluding tert-OH is 1. The summed E-state index contributed by atoms with van der Waals surface area (Å²) in [6, 6.07) is 0. The summed E-state index contributed by atoms with van der Waals surface area (Å²) >= 11 is 0. The van der Waals surface area contributed by atoms with Gasteiger partial charge >= 0.3 is 0 Å². The Morgan fingerprint density at radius 2 is 1.75 bits per heavy atom. The van der Waals surface area contributed by atoms with Crippen molar-refractivity contribution in [2.45, 2.75) is 46.1 Å². The quantitative estimate of drug-likeness (QED) is 0.767. The van der Waals surface area contributed by atoms with Gasteiger partial charge in [-0.1, -0.05) is 27.7 Å². The number of rotatable bonds is 4. The Morgan fingerprint density at radius 1 is 1.25 bits per heavy atom. The molecule has 0 aromatic heterocycles. The van der Waals surface area contributed by atoms with Crippen molar-refractivity contribution in [2.24, 2.45) is 11.3 Å². The predicted octanol–water partition coefficient (Wildman–Crippen LogP) is 1.49. The van der Waals surface area contributed by atoms with Crippen LogP contribution in [0.5, 0.6) is 0 Å². The van der Waals surface area contributed by atoms with Crippen LogP contribution in [0.1, 0.15) is 40.5 Å². The average molecular weight is 229 g/mol. The minimum absolute atomic E-state index is 0.0493. The first kappa shape index (κ1) is 13.9. The molecule has 1 aliphatic heterocycles. The van der Waals surface area contributed by atoms with E-state index in [1.165, 1.54) is 0 Å². The van der Waals surface area contributed by atoms with E-state index in [1.807, 2.05) is 13.8 Å². The highest BCUT2D eigenvalue weighted by atomic mass is 16.3. The topological polar surface area (TPSA) is 43.7 Å². The lowest BCUT2D eigenvalue weighted by atomic mass is 9.70. The highest BCUT2D eigenvalue weighted by Gasteiger charge is 2.44. The molecule has 0 aliphatic carbocycles. The number of likely N-dealkylation sites (tertiary alicyclic amines) is 1. The molecule has 1 heterocycles. The normalized spacial score (nSPS) is 22.7. The van der Waals surface area contributed by atoms with Crippen LogP contribution >= 0.6 is 0 Å². The third-order valence-electron chi connectivity index (χ3n) is 3.96. The van der Waals surface area contributed by atoms with Crippen molar-refractivity contribution in [1.29, 1.82) is 0 Å². The Hall–Kier alpha value is -0.120. The highest BCUT2D eigenvalue weighted by molar-refractivity contribution is 4.96. The van der Waals surface area contributed by atoms with Gasteiger partial charge in [0.05, 0.1) is 12.2 Å². The summed E-state index contributed by atoms with van der Waals surface area (Å²) < 4.78 is 0. The maximum atomic E-state index is 10.6. The van der Waals surface area contributed by atoms with Gasteiger partial charge in [0.2, 0.25) is 0 Å². The van der Waals surface area contributed by atoms with Crippen LogP contribution in [0.4, 0.5) is 0 Å². The van der Waals surface area contributed by atoms with Crippen LogP contribution in [-0.4, -0.2) is 47.0 Å². The van der Waals surface area contributed by atoms with Crippen LogP contribution < -0.4 is 0 Å². The third-order valence-corrected chi connectivity index (χ3v) is 3.96. The van der Waals surface area contributed by atoms with E-state index in [-0.39, 0.29) is 6.61 Å². The number of hydrogen-bond acceptors (Lipinski definition) is 3. The SMILES string of the molecule is CC(C)CN1CCC(O)(C(C)(C)CO)CC1. The Labute approximate surface area is 99.5 Å². The first-order chi connectivity index (χ1) is 7.31. The lowest BCUT2D eigenvalue weighted by molar-refractivity contribution is -0.124. The Morgan fingerprint density at radius 3 is 2.12 bits per heavy atom. The number of nitrogens with zero attached hydrogens (tertiary/aromatic N) is 1. The van der Waals surface area contributed by atoms with Gasteiger partial charge < -0.3 is 15.1 Å². The van der Waals surface area contributed by atoms with Crippen molar-refractivity contribution in [3.05, 3.63) is 0 Å². The van der Waals surface area contributed by atoms with Crippen molar-refractivity contribution in [2.75, 3.05) is 26.2 Å². The first-order valence-electron chi connectivity index (χ1n) is 6.36. The average Bonchev–Trinajstić information content (AvgIpc) is 2.21.